The summed E-state index contributed by atoms with van der Waals surface area (Å²) in [5.41, 5.74) is 1.76. The zero-order valence-corrected chi connectivity index (χ0v) is 14.4. The fraction of sp³-hybridized carbons (Fsp3) is 0.529. The van der Waals surface area contributed by atoms with E-state index in [1.165, 1.54) is 6.07 Å². The summed E-state index contributed by atoms with van der Waals surface area (Å²) in [6, 6.07) is 1.38. The van der Waals surface area contributed by atoms with Crippen LogP contribution in [0.15, 0.2) is 21.7 Å². The first kappa shape index (κ1) is 16.8. The van der Waals surface area contributed by atoms with Crippen LogP contribution in [0.4, 0.5) is 5.82 Å². The number of aryl methyl sites for hydroxylation is 1. The maximum absolute atomic E-state index is 12.5. The molecule has 4 rings (SSSR count). The molecule has 1 saturated heterocycles. The van der Waals surface area contributed by atoms with Crippen LogP contribution >= 0.6 is 0 Å². The van der Waals surface area contributed by atoms with E-state index >= 15 is 0 Å². The first-order valence-electron chi connectivity index (χ1n) is 8.81. The first-order valence-corrected chi connectivity index (χ1v) is 8.81. The molecule has 1 N–H and O–H groups in total. The number of hydrogen-bond donors (Lipinski definition) is 1. The number of amides is 1. The van der Waals surface area contributed by atoms with Crippen molar-refractivity contribution in [3.05, 3.63) is 39.8 Å². The maximum Gasteiger partial charge on any atom is 0.280 e. The molecule has 4 heterocycles. The lowest BCUT2D eigenvalue weighted by atomic mass is 10.0. The number of hydrogen-bond acceptors (Lipinski definition) is 7. The van der Waals surface area contributed by atoms with Crippen molar-refractivity contribution >= 4 is 11.7 Å². The molecule has 0 bridgehead atoms. The van der Waals surface area contributed by atoms with Gasteiger partial charge >= 0.3 is 0 Å². The lowest BCUT2D eigenvalue weighted by Gasteiger charge is -2.33. The van der Waals surface area contributed by atoms with Crippen LogP contribution in [-0.4, -0.2) is 58.8 Å². The Hall–Kier alpha value is -2.68. The minimum Gasteiger partial charge on any atom is -0.384 e. The SMILES string of the molecule is O=C(CCc1cc(=O)[nH]o1)N1CCc2c(ncnc2N2CCOCC2)C1. The van der Waals surface area contributed by atoms with Crippen LogP contribution in [0, 0.1) is 0 Å². The summed E-state index contributed by atoms with van der Waals surface area (Å²) in [4.78, 5) is 36.5. The summed E-state index contributed by atoms with van der Waals surface area (Å²) in [5.74, 6) is 1.50. The predicted octanol–water partition coefficient (Wildman–Crippen LogP) is 0.112. The number of H-pyrrole nitrogens is 1. The standard InChI is InChI=1S/C17H21N5O4/c23-15-9-12(26-20-15)1-2-16(24)22-4-3-13-14(10-22)18-11-19-17(13)21-5-7-25-8-6-21/h9,11H,1-8,10H2,(H,20,23). The van der Waals surface area contributed by atoms with Crippen LogP contribution in [0.5, 0.6) is 0 Å². The second-order valence-corrected chi connectivity index (χ2v) is 6.47. The van der Waals surface area contributed by atoms with Gasteiger partial charge in [0.1, 0.15) is 17.9 Å². The predicted molar refractivity (Wildman–Crippen MR) is 91.8 cm³/mol. The summed E-state index contributed by atoms with van der Waals surface area (Å²) >= 11 is 0. The number of anilines is 1. The van der Waals surface area contributed by atoms with Crippen LogP contribution < -0.4 is 10.5 Å². The van der Waals surface area contributed by atoms with Gasteiger partial charge < -0.3 is 19.1 Å². The van der Waals surface area contributed by atoms with Gasteiger partial charge in [0.25, 0.3) is 5.56 Å². The van der Waals surface area contributed by atoms with Crippen molar-refractivity contribution in [2.75, 3.05) is 37.7 Å². The summed E-state index contributed by atoms with van der Waals surface area (Å²) < 4.78 is 10.4. The normalized spacial score (nSPS) is 17.2. The number of aromatic amines is 1. The minimum atomic E-state index is -0.285. The summed E-state index contributed by atoms with van der Waals surface area (Å²) in [6.45, 7) is 4.21. The van der Waals surface area contributed by atoms with Crippen LogP contribution in [-0.2, 0) is 28.9 Å². The second kappa shape index (κ2) is 7.28. The molecule has 0 spiro atoms. The highest BCUT2D eigenvalue weighted by molar-refractivity contribution is 5.76. The van der Waals surface area contributed by atoms with Crippen molar-refractivity contribution < 1.29 is 14.1 Å². The molecule has 2 aromatic heterocycles. The lowest BCUT2D eigenvalue weighted by Crippen LogP contribution is -2.40. The van der Waals surface area contributed by atoms with Crippen molar-refractivity contribution in [2.24, 2.45) is 0 Å². The van der Waals surface area contributed by atoms with E-state index in [2.05, 4.69) is 20.0 Å². The monoisotopic (exact) mass is 359 g/mol. The van der Waals surface area contributed by atoms with Gasteiger partial charge in [0.2, 0.25) is 5.91 Å². The Morgan fingerprint density at radius 1 is 1.23 bits per heavy atom. The zero-order valence-electron chi connectivity index (χ0n) is 14.4. The van der Waals surface area contributed by atoms with E-state index in [4.69, 9.17) is 9.26 Å². The van der Waals surface area contributed by atoms with Crippen LogP contribution in [0.3, 0.4) is 0 Å². The summed E-state index contributed by atoms with van der Waals surface area (Å²) in [7, 11) is 0. The molecule has 9 heteroatoms. The Morgan fingerprint density at radius 2 is 2.08 bits per heavy atom. The van der Waals surface area contributed by atoms with E-state index in [0.29, 0.717) is 44.9 Å². The average Bonchev–Trinajstić information content (AvgIpc) is 3.11. The van der Waals surface area contributed by atoms with E-state index in [9.17, 15) is 9.59 Å². The molecule has 0 radical (unpaired) electrons. The Kier molecular flexibility index (Phi) is 4.70. The molecule has 0 saturated carbocycles. The topological polar surface area (TPSA) is 105 Å². The van der Waals surface area contributed by atoms with E-state index in [1.807, 2.05) is 4.90 Å². The fourth-order valence-corrected chi connectivity index (χ4v) is 3.43. The quantitative estimate of drug-likeness (QED) is 0.826. The smallest absolute Gasteiger partial charge is 0.280 e. The molecular formula is C17H21N5O4. The van der Waals surface area contributed by atoms with Gasteiger partial charge in [0.05, 0.1) is 25.5 Å². The first-order chi connectivity index (χ1) is 12.7. The van der Waals surface area contributed by atoms with Gasteiger partial charge in [-0.15, -0.1) is 0 Å². The Morgan fingerprint density at radius 3 is 2.85 bits per heavy atom. The number of ether oxygens (including phenoxy) is 1. The number of nitrogens with one attached hydrogen (secondary N) is 1. The summed E-state index contributed by atoms with van der Waals surface area (Å²) in [6.07, 6.45) is 3.03. The number of aromatic nitrogens is 3. The van der Waals surface area contributed by atoms with Gasteiger partial charge in [-0.25, -0.2) is 9.97 Å². The van der Waals surface area contributed by atoms with Gasteiger partial charge in [-0.05, 0) is 6.42 Å². The highest BCUT2D eigenvalue weighted by Gasteiger charge is 2.26. The third-order valence-electron chi connectivity index (χ3n) is 4.81. The number of carbonyl (C=O) groups excluding carboxylic acids is 1. The van der Waals surface area contributed by atoms with Gasteiger partial charge in [-0.3, -0.25) is 9.59 Å². The number of nitrogens with zero attached hydrogens (tertiary/aromatic N) is 4. The highest BCUT2D eigenvalue weighted by Crippen LogP contribution is 2.26. The minimum absolute atomic E-state index is 0.0334. The van der Waals surface area contributed by atoms with Gasteiger partial charge in [0, 0.05) is 44.1 Å². The molecule has 1 fully saturated rings. The second-order valence-electron chi connectivity index (χ2n) is 6.47. The number of fused-ring (bicyclic) bond motifs is 1. The molecule has 9 nitrogen and oxygen atoms in total. The van der Waals surface area contributed by atoms with Crippen LogP contribution in [0.1, 0.15) is 23.4 Å². The number of rotatable bonds is 4. The molecule has 0 unspecified atom stereocenters. The molecule has 2 aliphatic heterocycles. The molecule has 2 aliphatic rings. The van der Waals surface area contributed by atoms with Crippen molar-refractivity contribution in [3.8, 4) is 0 Å². The Balaban J connectivity index is 1.42. The molecule has 138 valence electrons. The van der Waals surface area contributed by atoms with Gasteiger partial charge in [-0.2, -0.15) is 5.16 Å². The molecule has 0 atom stereocenters. The third kappa shape index (κ3) is 3.48. The molecule has 2 aromatic rings. The molecule has 26 heavy (non-hydrogen) atoms. The molecule has 1 amide bonds. The van der Waals surface area contributed by atoms with E-state index in [0.717, 1.165) is 36.6 Å². The van der Waals surface area contributed by atoms with E-state index in [1.54, 1.807) is 6.33 Å². The van der Waals surface area contributed by atoms with Gasteiger partial charge in [0.15, 0.2) is 0 Å². The van der Waals surface area contributed by atoms with Crippen molar-refractivity contribution in [1.82, 2.24) is 20.0 Å². The Labute approximate surface area is 149 Å². The third-order valence-corrected chi connectivity index (χ3v) is 4.81. The number of carbonyl (C=O) groups is 1. The molecular weight excluding hydrogens is 338 g/mol. The fourth-order valence-electron chi connectivity index (χ4n) is 3.43. The maximum atomic E-state index is 12.5. The zero-order chi connectivity index (χ0) is 17.9. The van der Waals surface area contributed by atoms with E-state index < -0.39 is 0 Å². The largest absolute Gasteiger partial charge is 0.384 e. The van der Waals surface area contributed by atoms with E-state index in [-0.39, 0.29) is 11.5 Å². The molecule has 0 aromatic carbocycles. The number of morpholine rings is 1. The van der Waals surface area contributed by atoms with Gasteiger partial charge in [-0.1, -0.05) is 0 Å². The van der Waals surface area contributed by atoms with Crippen molar-refractivity contribution in [2.45, 2.75) is 25.8 Å². The average molecular weight is 359 g/mol. The molecule has 0 aliphatic carbocycles. The lowest BCUT2D eigenvalue weighted by molar-refractivity contribution is -0.132. The summed E-state index contributed by atoms with van der Waals surface area (Å²) in [5, 5.41) is 2.24. The van der Waals surface area contributed by atoms with Crippen LogP contribution in [0.25, 0.3) is 0 Å². The van der Waals surface area contributed by atoms with Crippen molar-refractivity contribution in [1.29, 1.82) is 0 Å². The van der Waals surface area contributed by atoms with Crippen molar-refractivity contribution in [3.63, 3.8) is 0 Å². The highest BCUT2D eigenvalue weighted by atomic mass is 16.5. The Bertz CT molecular complexity index is 840. The van der Waals surface area contributed by atoms with Crippen LogP contribution in [0.2, 0.25) is 0 Å².